The molecule has 9 aromatic rings. The van der Waals surface area contributed by atoms with Gasteiger partial charge in [0.25, 0.3) is 6.71 Å². The van der Waals surface area contributed by atoms with E-state index in [1.807, 2.05) is 0 Å². The van der Waals surface area contributed by atoms with Crippen molar-refractivity contribution in [2.45, 2.75) is 64.3 Å². The molecular formula is C58H48BN3. The molecule has 0 N–H and O–H groups in total. The van der Waals surface area contributed by atoms with Gasteiger partial charge in [0.2, 0.25) is 0 Å². The standard InChI is InChI=1S/C58H48BN3/c1-37-18-11-13-26-49(37)60(50-27-14-12-19-38(50)2)43-35-52-54-53(36-43)62-56-46(57(3)30-15-16-31-58(57,62)4)24-17-25-47(56)59(54)48-34-42(40-22-9-6-10-23-40)33-45-44-32-41(39-20-7-5-8-21-39)28-29-51(44)61(52)55(45)48/h5-14,17-29,32-36H,15-16,30-31H2,1-4H3. The first-order valence-corrected chi connectivity index (χ1v) is 22.6. The van der Waals surface area contributed by atoms with Crippen LogP contribution in [-0.4, -0.2) is 16.8 Å². The first kappa shape index (κ1) is 35.9. The number of hydrogen-bond donors (Lipinski definition) is 0. The smallest absolute Gasteiger partial charge is 0.252 e. The summed E-state index contributed by atoms with van der Waals surface area (Å²) in [6.45, 7) is 9.75. The Labute approximate surface area is 365 Å². The molecule has 4 heterocycles. The van der Waals surface area contributed by atoms with Crippen LogP contribution in [-0.2, 0) is 5.41 Å². The van der Waals surface area contributed by atoms with Crippen molar-refractivity contribution in [3.63, 3.8) is 0 Å². The minimum atomic E-state index is -0.0813. The maximum Gasteiger partial charge on any atom is 0.252 e. The lowest BCUT2D eigenvalue weighted by Crippen LogP contribution is -2.64. The van der Waals surface area contributed by atoms with Crippen molar-refractivity contribution in [3.05, 3.63) is 187 Å². The second kappa shape index (κ2) is 12.9. The molecule has 0 radical (unpaired) electrons. The van der Waals surface area contributed by atoms with Gasteiger partial charge in [0.05, 0.1) is 16.7 Å². The zero-order valence-electron chi connectivity index (χ0n) is 35.9. The molecule has 0 bridgehead atoms. The average Bonchev–Trinajstić information content (AvgIpc) is 3.75. The summed E-state index contributed by atoms with van der Waals surface area (Å²) >= 11 is 0. The molecule has 1 aromatic heterocycles. The molecule has 0 amide bonds. The topological polar surface area (TPSA) is 11.4 Å². The van der Waals surface area contributed by atoms with E-state index in [4.69, 9.17) is 0 Å². The molecule has 3 aliphatic heterocycles. The summed E-state index contributed by atoms with van der Waals surface area (Å²) in [5.74, 6) is 0. The third-order valence-corrected chi connectivity index (χ3v) is 15.7. The predicted octanol–water partition coefficient (Wildman–Crippen LogP) is 13.1. The average molecular weight is 798 g/mol. The number of para-hydroxylation sites is 3. The highest BCUT2D eigenvalue weighted by Gasteiger charge is 2.61. The second-order valence-corrected chi connectivity index (χ2v) is 18.9. The molecule has 1 fully saturated rings. The van der Waals surface area contributed by atoms with E-state index >= 15 is 0 Å². The number of rotatable bonds is 5. The molecular weight excluding hydrogens is 749 g/mol. The van der Waals surface area contributed by atoms with E-state index in [9.17, 15) is 0 Å². The first-order chi connectivity index (χ1) is 30.3. The number of hydrogen-bond acceptors (Lipinski definition) is 2. The van der Waals surface area contributed by atoms with Crippen LogP contribution in [0.4, 0.5) is 28.4 Å². The van der Waals surface area contributed by atoms with Crippen LogP contribution in [0.25, 0.3) is 49.7 Å². The maximum atomic E-state index is 2.87. The summed E-state index contributed by atoms with van der Waals surface area (Å²) in [6, 6.07) is 64.4. The van der Waals surface area contributed by atoms with Gasteiger partial charge in [0.15, 0.2) is 0 Å². The molecule has 8 aromatic carbocycles. The quantitative estimate of drug-likeness (QED) is 0.161. The Hall–Kier alpha value is -6.78. The first-order valence-electron chi connectivity index (χ1n) is 22.6. The van der Waals surface area contributed by atoms with E-state index in [-0.39, 0.29) is 17.7 Å². The van der Waals surface area contributed by atoms with Gasteiger partial charge in [-0.1, -0.05) is 147 Å². The van der Waals surface area contributed by atoms with Gasteiger partial charge in [-0.25, -0.2) is 0 Å². The fourth-order valence-electron chi connectivity index (χ4n) is 12.6. The van der Waals surface area contributed by atoms with Crippen molar-refractivity contribution in [2.75, 3.05) is 9.80 Å². The van der Waals surface area contributed by atoms with Crippen molar-refractivity contribution in [1.29, 1.82) is 0 Å². The third kappa shape index (κ3) is 4.67. The van der Waals surface area contributed by atoms with E-state index < -0.39 is 0 Å². The highest BCUT2D eigenvalue weighted by molar-refractivity contribution is 7.00. The number of aromatic nitrogens is 1. The van der Waals surface area contributed by atoms with Crippen molar-refractivity contribution < 1.29 is 0 Å². The van der Waals surface area contributed by atoms with Crippen LogP contribution in [0.2, 0.25) is 0 Å². The summed E-state index contributed by atoms with van der Waals surface area (Å²) in [5.41, 5.74) is 23.5. The molecule has 1 saturated carbocycles. The van der Waals surface area contributed by atoms with E-state index in [2.05, 4.69) is 212 Å². The lowest BCUT2D eigenvalue weighted by molar-refractivity contribution is 0.195. The van der Waals surface area contributed by atoms with E-state index in [0.717, 1.165) is 6.42 Å². The van der Waals surface area contributed by atoms with Gasteiger partial charge >= 0.3 is 0 Å². The lowest BCUT2D eigenvalue weighted by Gasteiger charge is -2.52. The second-order valence-electron chi connectivity index (χ2n) is 18.9. The molecule has 2 atom stereocenters. The van der Waals surface area contributed by atoms with Crippen LogP contribution < -0.4 is 26.2 Å². The number of anilines is 5. The predicted molar refractivity (Wildman–Crippen MR) is 263 cm³/mol. The van der Waals surface area contributed by atoms with Gasteiger partial charge in [0.1, 0.15) is 0 Å². The summed E-state index contributed by atoms with van der Waals surface area (Å²) in [6.07, 6.45) is 4.87. The monoisotopic (exact) mass is 797 g/mol. The number of fused-ring (bicyclic) bond motifs is 10. The summed E-state index contributed by atoms with van der Waals surface area (Å²) in [5, 5.41) is 2.60. The van der Waals surface area contributed by atoms with Gasteiger partial charge in [-0.05, 0) is 131 Å². The van der Waals surface area contributed by atoms with E-state index in [0.29, 0.717) is 0 Å². The highest BCUT2D eigenvalue weighted by atomic mass is 15.3. The Bertz CT molecular complexity index is 3280. The van der Waals surface area contributed by atoms with Gasteiger partial charge in [-0.15, -0.1) is 0 Å². The maximum absolute atomic E-state index is 2.87. The molecule has 0 saturated heterocycles. The largest absolute Gasteiger partial charge is 0.335 e. The molecule has 4 heteroatoms. The lowest BCUT2D eigenvalue weighted by atomic mass is 9.33. The van der Waals surface area contributed by atoms with Crippen molar-refractivity contribution in [3.8, 4) is 27.9 Å². The fourth-order valence-corrected chi connectivity index (χ4v) is 12.6. The Balaban J connectivity index is 1.21. The highest BCUT2D eigenvalue weighted by Crippen LogP contribution is 2.62. The normalized spacial score (nSPS) is 19.1. The summed E-state index contributed by atoms with van der Waals surface area (Å²) in [4.78, 5) is 5.41. The van der Waals surface area contributed by atoms with Crippen LogP contribution in [0.5, 0.6) is 0 Å². The SMILES string of the molecule is Cc1ccccc1N(c1cc2c3c(c1)-n1c4ccc(-c5ccccc5)cc4c4cc(-c5ccccc5)cc(c41)B3c1cccc3c1N2C1(C)CCCCC31C)c1ccccc1C. The minimum Gasteiger partial charge on any atom is -0.335 e. The minimum absolute atomic E-state index is 0.0236. The number of nitrogens with zero attached hydrogens (tertiary/aromatic N) is 3. The van der Waals surface area contributed by atoms with Gasteiger partial charge < -0.3 is 14.4 Å². The van der Waals surface area contributed by atoms with Crippen molar-refractivity contribution >= 4 is 73.3 Å². The van der Waals surface area contributed by atoms with Crippen LogP contribution in [0.3, 0.4) is 0 Å². The summed E-state index contributed by atoms with van der Waals surface area (Å²) in [7, 11) is 0. The Morgan fingerprint density at radius 2 is 1.16 bits per heavy atom. The molecule has 0 spiro atoms. The zero-order valence-corrected chi connectivity index (χ0v) is 35.9. The van der Waals surface area contributed by atoms with Crippen LogP contribution >= 0.6 is 0 Å². The van der Waals surface area contributed by atoms with E-state index in [1.54, 1.807) is 0 Å². The molecule has 2 unspecified atom stereocenters. The zero-order chi connectivity index (χ0) is 41.5. The third-order valence-electron chi connectivity index (χ3n) is 15.7. The molecule has 298 valence electrons. The van der Waals surface area contributed by atoms with Crippen molar-refractivity contribution in [1.82, 2.24) is 4.57 Å². The van der Waals surface area contributed by atoms with Crippen LogP contribution in [0.1, 0.15) is 56.2 Å². The van der Waals surface area contributed by atoms with Gasteiger partial charge in [-0.3, -0.25) is 0 Å². The molecule has 1 aliphatic carbocycles. The molecule has 4 aliphatic rings. The Morgan fingerprint density at radius 3 is 1.87 bits per heavy atom. The van der Waals surface area contributed by atoms with E-state index in [1.165, 1.54) is 131 Å². The molecule has 62 heavy (non-hydrogen) atoms. The summed E-state index contributed by atoms with van der Waals surface area (Å²) < 4.78 is 2.66. The Morgan fingerprint density at radius 1 is 0.532 bits per heavy atom. The van der Waals surface area contributed by atoms with Crippen LogP contribution in [0, 0.1) is 13.8 Å². The fraction of sp³-hybridized carbons (Fsp3) is 0.172. The van der Waals surface area contributed by atoms with Crippen molar-refractivity contribution in [2.24, 2.45) is 0 Å². The Kier molecular flexibility index (Phi) is 7.46. The van der Waals surface area contributed by atoms with Crippen LogP contribution in [0.15, 0.2) is 170 Å². The number of aryl methyl sites for hydroxylation is 2. The van der Waals surface area contributed by atoms with Gasteiger partial charge in [0, 0.05) is 50.1 Å². The van der Waals surface area contributed by atoms with Gasteiger partial charge in [-0.2, -0.15) is 0 Å². The molecule has 13 rings (SSSR count). The molecule has 3 nitrogen and oxygen atoms in total. The number of benzene rings is 8.